The highest BCUT2D eigenvalue weighted by atomic mass is 32.2. The quantitative estimate of drug-likeness (QED) is 0.722. The van der Waals surface area contributed by atoms with Crippen LogP contribution in [0.2, 0.25) is 0 Å². The van der Waals surface area contributed by atoms with E-state index in [0.29, 0.717) is 30.7 Å². The van der Waals surface area contributed by atoms with Gasteiger partial charge in [0.25, 0.3) is 0 Å². The van der Waals surface area contributed by atoms with Crippen LogP contribution < -0.4 is 15.5 Å². The van der Waals surface area contributed by atoms with Gasteiger partial charge in [-0.1, -0.05) is 30.3 Å². The molecule has 0 bridgehead atoms. The number of nitrogens with one attached hydrogen (secondary N) is 2. The molecule has 2 atom stereocenters. The number of hydrogen-bond acceptors (Lipinski definition) is 4. The largest absolute Gasteiger partial charge is 0.350 e. The molecule has 2 aliphatic heterocycles. The Morgan fingerprint density at radius 1 is 1.16 bits per heavy atom. The fraction of sp³-hybridized carbons (Fsp3) is 0.348. The molecule has 2 heterocycles. The Bertz CT molecular complexity index is 982. The van der Waals surface area contributed by atoms with Gasteiger partial charge in [0.15, 0.2) is 0 Å². The van der Waals surface area contributed by atoms with Crippen molar-refractivity contribution < 1.29 is 18.8 Å². The first kappa shape index (κ1) is 21.4. The Morgan fingerprint density at radius 2 is 1.94 bits per heavy atom. The summed E-state index contributed by atoms with van der Waals surface area (Å²) >= 11 is 1.37. The van der Waals surface area contributed by atoms with Crippen molar-refractivity contribution in [3.05, 3.63) is 65.5 Å². The summed E-state index contributed by atoms with van der Waals surface area (Å²) in [7, 11) is 0. The summed E-state index contributed by atoms with van der Waals surface area (Å²) in [5.41, 5.74) is 2.28. The first-order chi connectivity index (χ1) is 15.0. The van der Waals surface area contributed by atoms with Gasteiger partial charge in [-0.15, -0.1) is 11.8 Å². The van der Waals surface area contributed by atoms with E-state index in [1.807, 2.05) is 24.3 Å². The Balaban J connectivity index is 1.26. The van der Waals surface area contributed by atoms with E-state index in [4.69, 9.17) is 0 Å². The van der Waals surface area contributed by atoms with Crippen LogP contribution in [0.3, 0.4) is 0 Å². The van der Waals surface area contributed by atoms with Crippen LogP contribution in [0.5, 0.6) is 0 Å². The minimum Gasteiger partial charge on any atom is -0.350 e. The molecule has 4 rings (SSSR count). The molecule has 0 unspecified atom stereocenters. The second-order valence-corrected chi connectivity index (χ2v) is 8.95. The maximum absolute atomic E-state index is 13.8. The van der Waals surface area contributed by atoms with Crippen molar-refractivity contribution in [1.29, 1.82) is 0 Å². The zero-order chi connectivity index (χ0) is 21.8. The molecule has 2 aliphatic rings. The first-order valence-corrected chi connectivity index (χ1v) is 11.4. The first-order valence-electron chi connectivity index (χ1n) is 10.3. The predicted molar refractivity (Wildman–Crippen MR) is 118 cm³/mol. The predicted octanol–water partition coefficient (Wildman–Crippen LogP) is 2.41. The van der Waals surface area contributed by atoms with Gasteiger partial charge in [-0.25, -0.2) is 4.39 Å². The summed E-state index contributed by atoms with van der Waals surface area (Å²) < 4.78 is 13.8. The van der Waals surface area contributed by atoms with Gasteiger partial charge in [0, 0.05) is 31.0 Å². The van der Waals surface area contributed by atoms with Gasteiger partial charge in [0.05, 0.1) is 5.25 Å². The standard InChI is InChI=1S/C23H24FN3O3S/c24-18-5-2-1-4-16(18)12-20-23(30)26-19(14-31-20)22(29)25-13-15-7-9-17(10-8-15)27-11-3-6-21(27)28/h1-2,4-5,7-10,19-20H,3,6,11-14H2,(H,25,29)(H,26,30)/t19-,20-/m1/s1. The molecule has 2 N–H and O–H groups in total. The number of rotatable bonds is 6. The Morgan fingerprint density at radius 3 is 2.61 bits per heavy atom. The number of anilines is 1. The Hall–Kier alpha value is -2.87. The van der Waals surface area contributed by atoms with E-state index in [1.165, 1.54) is 17.8 Å². The molecule has 2 saturated heterocycles. The van der Waals surface area contributed by atoms with Crippen molar-refractivity contribution in [2.45, 2.75) is 37.1 Å². The summed E-state index contributed by atoms with van der Waals surface area (Å²) in [6.07, 6.45) is 1.76. The monoisotopic (exact) mass is 441 g/mol. The third kappa shape index (κ3) is 5.07. The highest BCUT2D eigenvalue weighted by Gasteiger charge is 2.32. The lowest BCUT2D eigenvalue weighted by Gasteiger charge is -2.28. The van der Waals surface area contributed by atoms with E-state index in [-0.39, 0.29) is 23.5 Å². The van der Waals surface area contributed by atoms with Crippen LogP contribution in [0.25, 0.3) is 0 Å². The van der Waals surface area contributed by atoms with E-state index >= 15 is 0 Å². The van der Waals surface area contributed by atoms with Gasteiger partial charge >= 0.3 is 0 Å². The molecule has 0 spiro atoms. The van der Waals surface area contributed by atoms with Crippen LogP contribution in [-0.4, -0.2) is 41.3 Å². The number of carbonyl (C=O) groups is 3. The van der Waals surface area contributed by atoms with E-state index in [9.17, 15) is 18.8 Å². The number of amides is 3. The third-order valence-corrected chi connectivity index (χ3v) is 6.85. The molecule has 8 heteroatoms. The SMILES string of the molecule is O=C(NCc1ccc(N2CCCC2=O)cc1)[C@H]1CS[C@H](Cc2ccccc2F)C(=O)N1. The van der Waals surface area contributed by atoms with Gasteiger partial charge in [-0.05, 0) is 42.2 Å². The minimum atomic E-state index is -0.615. The summed E-state index contributed by atoms with van der Waals surface area (Å²) in [5.74, 6) is -0.244. The molecular formula is C23H24FN3O3S. The summed E-state index contributed by atoms with van der Waals surface area (Å²) in [4.78, 5) is 38.5. The van der Waals surface area contributed by atoms with Crippen molar-refractivity contribution in [3.8, 4) is 0 Å². The van der Waals surface area contributed by atoms with Gasteiger partial charge in [-0.2, -0.15) is 0 Å². The number of benzene rings is 2. The zero-order valence-corrected chi connectivity index (χ0v) is 17.8. The second kappa shape index (κ2) is 9.51. The lowest BCUT2D eigenvalue weighted by Crippen LogP contribution is -2.54. The second-order valence-electron chi connectivity index (χ2n) is 7.71. The van der Waals surface area contributed by atoms with Gasteiger partial charge < -0.3 is 15.5 Å². The lowest BCUT2D eigenvalue weighted by atomic mass is 10.1. The topological polar surface area (TPSA) is 78.5 Å². The molecule has 162 valence electrons. The van der Waals surface area contributed by atoms with Crippen LogP contribution in [-0.2, 0) is 27.3 Å². The number of thioether (sulfide) groups is 1. The number of nitrogens with zero attached hydrogens (tertiary/aromatic N) is 1. The molecule has 0 aromatic heterocycles. The molecule has 0 saturated carbocycles. The average Bonchev–Trinajstić information content (AvgIpc) is 3.21. The van der Waals surface area contributed by atoms with Crippen molar-refractivity contribution in [2.24, 2.45) is 0 Å². The van der Waals surface area contributed by atoms with Crippen LogP contribution in [0.1, 0.15) is 24.0 Å². The zero-order valence-electron chi connectivity index (χ0n) is 17.0. The van der Waals surface area contributed by atoms with E-state index in [0.717, 1.165) is 24.2 Å². The van der Waals surface area contributed by atoms with Gasteiger partial charge in [-0.3, -0.25) is 14.4 Å². The fourth-order valence-electron chi connectivity index (χ4n) is 3.78. The molecule has 0 radical (unpaired) electrons. The normalized spacial score (nSPS) is 21.1. The van der Waals surface area contributed by atoms with Crippen LogP contribution in [0.4, 0.5) is 10.1 Å². The molecule has 2 aromatic rings. The highest BCUT2D eigenvalue weighted by Crippen LogP contribution is 2.24. The molecule has 3 amide bonds. The van der Waals surface area contributed by atoms with Gasteiger partial charge in [0.1, 0.15) is 11.9 Å². The summed E-state index contributed by atoms with van der Waals surface area (Å²) in [6.45, 7) is 1.08. The number of carbonyl (C=O) groups excluding carboxylic acids is 3. The number of hydrogen-bond donors (Lipinski definition) is 2. The average molecular weight is 442 g/mol. The van der Waals surface area contributed by atoms with Crippen molar-refractivity contribution in [3.63, 3.8) is 0 Å². The molecular weight excluding hydrogens is 417 g/mol. The van der Waals surface area contributed by atoms with Crippen LogP contribution in [0, 0.1) is 5.82 Å². The van der Waals surface area contributed by atoms with Crippen LogP contribution in [0.15, 0.2) is 48.5 Å². The van der Waals surface area contributed by atoms with Crippen LogP contribution >= 0.6 is 11.8 Å². The van der Waals surface area contributed by atoms with Gasteiger partial charge in [0.2, 0.25) is 17.7 Å². The fourth-order valence-corrected chi connectivity index (χ4v) is 4.95. The lowest BCUT2D eigenvalue weighted by molar-refractivity contribution is -0.128. The maximum atomic E-state index is 13.8. The van der Waals surface area contributed by atoms with Crippen molar-refractivity contribution >= 4 is 35.2 Å². The molecule has 2 aromatic carbocycles. The smallest absolute Gasteiger partial charge is 0.243 e. The van der Waals surface area contributed by atoms with E-state index in [2.05, 4.69) is 10.6 Å². The molecule has 6 nitrogen and oxygen atoms in total. The summed E-state index contributed by atoms with van der Waals surface area (Å²) in [5, 5.41) is 5.19. The molecule has 2 fully saturated rings. The third-order valence-electron chi connectivity index (χ3n) is 5.54. The summed E-state index contributed by atoms with van der Waals surface area (Å²) in [6, 6.07) is 13.4. The van der Waals surface area contributed by atoms with E-state index in [1.54, 1.807) is 23.1 Å². The Kier molecular flexibility index (Phi) is 6.56. The number of halogens is 1. The van der Waals surface area contributed by atoms with E-state index < -0.39 is 11.3 Å². The van der Waals surface area contributed by atoms with Crippen molar-refractivity contribution in [1.82, 2.24) is 10.6 Å². The molecule has 31 heavy (non-hydrogen) atoms. The Labute approximate surface area is 184 Å². The molecule has 0 aliphatic carbocycles. The van der Waals surface area contributed by atoms with Crippen molar-refractivity contribution in [2.75, 3.05) is 17.2 Å². The highest BCUT2D eigenvalue weighted by molar-refractivity contribution is 8.00. The minimum absolute atomic E-state index is 0.139. The maximum Gasteiger partial charge on any atom is 0.243 e.